The van der Waals surface area contributed by atoms with Gasteiger partial charge in [0.2, 0.25) is 5.91 Å². The molecule has 1 fully saturated rings. The summed E-state index contributed by atoms with van der Waals surface area (Å²) in [7, 11) is 0. The third kappa shape index (κ3) is 1.88. The molecule has 0 saturated carbocycles. The van der Waals surface area contributed by atoms with Crippen molar-refractivity contribution < 1.29 is 4.79 Å². The lowest BCUT2D eigenvalue weighted by Crippen LogP contribution is -2.22. The van der Waals surface area contributed by atoms with Crippen LogP contribution in [0.5, 0.6) is 0 Å². The van der Waals surface area contributed by atoms with Crippen LogP contribution in [0.2, 0.25) is 5.02 Å². The fraction of sp³-hybridized carbons (Fsp3) is 0.300. The van der Waals surface area contributed by atoms with Gasteiger partial charge in [-0.3, -0.25) is 4.79 Å². The van der Waals surface area contributed by atoms with Crippen molar-refractivity contribution in [2.24, 2.45) is 0 Å². The SMILES string of the molecule is C[C@@H]1S[C@H](c2ccc(Cl)cc2)NC1=O. The largest absolute Gasteiger partial charge is 0.339 e. The summed E-state index contributed by atoms with van der Waals surface area (Å²) < 4.78 is 0. The molecule has 1 saturated heterocycles. The molecule has 14 heavy (non-hydrogen) atoms. The van der Waals surface area contributed by atoms with Gasteiger partial charge in [0.1, 0.15) is 5.37 Å². The number of rotatable bonds is 1. The van der Waals surface area contributed by atoms with Gasteiger partial charge in [-0.25, -0.2) is 0 Å². The van der Waals surface area contributed by atoms with Crippen molar-refractivity contribution in [2.75, 3.05) is 0 Å². The maximum Gasteiger partial charge on any atom is 0.234 e. The second-order valence-electron chi connectivity index (χ2n) is 3.22. The van der Waals surface area contributed by atoms with Crippen LogP contribution in [0.3, 0.4) is 0 Å². The number of carbonyl (C=O) groups excluding carboxylic acids is 1. The molecule has 2 nitrogen and oxygen atoms in total. The number of hydrogen-bond acceptors (Lipinski definition) is 2. The van der Waals surface area contributed by atoms with Crippen LogP contribution in [0, 0.1) is 0 Å². The third-order valence-electron chi connectivity index (χ3n) is 2.16. The smallest absolute Gasteiger partial charge is 0.234 e. The molecule has 2 atom stereocenters. The van der Waals surface area contributed by atoms with E-state index in [2.05, 4.69) is 5.32 Å². The predicted molar refractivity (Wildman–Crippen MR) is 59.4 cm³/mol. The van der Waals surface area contributed by atoms with Crippen molar-refractivity contribution in [1.82, 2.24) is 5.32 Å². The molecule has 74 valence electrons. The van der Waals surface area contributed by atoms with Crippen LogP contribution in [0.25, 0.3) is 0 Å². The van der Waals surface area contributed by atoms with E-state index in [1.54, 1.807) is 11.8 Å². The molecule has 2 rings (SSSR count). The number of thioether (sulfide) groups is 1. The molecule has 0 unspecified atom stereocenters. The number of benzene rings is 1. The number of halogens is 1. The minimum absolute atomic E-state index is 0.0377. The normalized spacial score (nSPS) is 26.3. The minimum Gasteiger partial charge on any atom is -0.339 e. The summed E-state index contributed by atoms with van der Waals surface area (Å²) in [5, 5.41) is 3.76. The van der Waals surface area contributed by atoms with Crippen LogP contribution in [-0.2, 0) is 4.79 Å². The van der Waals surface area contributed by atoms with Gasteiger partial charge in [0.15, 0.2) is 0 Å². The van der Waals surface area contributed by atoms with Gasteiger partial charge >= 0.3 is 0 Å². The van der Waals surface area contributed by atoms with Gasteiger partial charge in [0, 0.05) is 5.02 Å². The van der Waals surface area contributed by atoms with E-state index < -0.39 is 0 Å². The van der Waals surface area contributed by atoms with E-state index in [-0.39, 0.29) is 16.5 Å². The number of hydrogen-bond donors (Lipinski definition) is 1. The van der Waals surface area contributed by atoms with Crippen molar-refractivity contribution >= 4 is 29.3 Å². The first-order chi connectivity index (χ1) is 6.66. The number of nitrogens with one attached hydrogen (secondary N) is 1. The fourth-order valence-corrected chi connectivity index (χ4v) is 2.57. The Balaban J connectivity index is 2.17. The molecule has 0 aromatic heterocycles. The molecule has 4 heteroatoms. The van der Waals surface area contributed by atoms with E-state index >= 15 is 0 Å². The Morgan fingerprint density at radius 3 is 2.50 bits per heavy atom. The molecule has 1 heterocycles. The van der Waals surface area contributed by atoms with Gasteiger partial charge in [-0.15, -0.1) is 11.8 Å². The van der Waals surface area contributed by atoms with Gasteiger partial charge in [-0.1, -0.05) is 23.7 Å². The highest BCUT2D eigenvalue weighted by Gasteiger charge is 2.29. The van der Waals surface area contributed by atoms with Crippen molar-refractivity contribution in [3.8, 4) is 0 Å². The monoisotopic (exact) mass is 227 g/mol. The first-order valence-corrected chi connectivity index (χ1v) is 5.70. The molecule has 0 radical (unpaired) electrons. The first kappa shape index (κ1) is 9.87. The summed E-state index contributed by atoms with van der Waals surface area (Å²) in [5.74, 6) is 0.106. The van der Waals surface area contributed by atoms with Crippen LogP contribution in [0.15, 0.2) is 24.3 Å². The second-order valence-corrected chi connectivity index (χ2v) is 5.11. The third-order valence-corrected chi connectivity index (χ3v) is 3.69. The zero-order valence-corrected chi connectivity index (χ0v) is 9.23. The Bertz CT molecular complexity index is 352. The van der Waals surface area contributed by atoms with Crippen molar-refractivity contribution in [3.63, 3.8) is 0 Å². The standard InChI is InChI=1S/C10H10ClNOS/c1-6-9(13)12-10(14-6)7-2-4-8(11)5-3-7/h2-6,10H,1H3,(H,12,13)/t6-,10+/m0/s1. The van der Waals surface area contributed by atoms with Crippen molar-refractivity contribution in [2.45, 2.75) is 17.5 Å². The van der Waals surface area contributed by atoms with E-state index in [4.69, 9.17) is 11.6 Å². The summed E-state index contributed by atoms with van der Waals surface area (Å²) in [6.45, 7) is 1.91. The summed E-state index contributed by atoms with van der Waals surface area (Å²) in [6, 6.07) is 7.57. The molecule has 1 aromatic carbocycles. The molecule has 1 aliphatic heterocycles. The lowest BCUT2D eigenvalue weighted by atomic mass is 10.2. The quantitative estimate of drug-likeness (QED) is 0.799. The molecular formula is C10H10ClNOS. The maximum atomic E-state index is 11.3. The van der Waals surface area contributed by atoms with Gasteiger partial charge in [-0.2, -0.15) is 0 Å². The van der Waals surface area contributed by atoms with Gasteiger partial charge in [0.25, 0.3) is 0 Å². The van der Waals surface area contributed by atoms with E-state index in [0.29, 0.717) is 0 Å². The number of amides is 1. The van der Waals surface area contributed by atoms with Crippen LogP contribution in [0.1, 0.15) is 17.9 Å². The summed E-state index contributed by atoms with van der Waals surface area (Å²) in [6.07, 6.45) is 0. The average molecular weight is 228 g/mol. The topological polar surface area (TPSA) is 29.1 Å². The molecule has 1 aromatic rings. The van der Waals surface area contributed by atoms with E-state index in [1.165, 1.54) is 0 Å². The van der Waals surface area contributed by atoms with Crippen LogP contribution < -0.4 is 5.32 Å². The summed E-state index contributed by atoms with van der Waals surface area (Å²) in [5.41, 5.74) is 1.09. The van der Waals surface area contributed by atoms with Crippen LogP contribution in [0.4, 0.5) is 0 Å². The lowest BCUT2D eigenvalue weighted by Gasteiger charge is -2.08. The fourth-order valence-electron chi connectivity index (χ4n) is 1.35. The Kier molecular flexibility index (Phi) is 2.70. The number of carbonyl (C=O) groups is 1. The Morgan fingerprint density at radius 1 is 1.36 bits per heavy atom. The van der Waals surface area contributed by atoms with E-state index in [0.717, 1.165) is 10.6 Å². The first-order valence-electron chi connectivity index (χ1n) is 4.38. The predicted octanol–water partition coefficient (Wildman–Crippen LogP) is 2.59. The van der Waals surface area contributed by atoms with Gasteiger partial charge < -0.3 is 5.32 Å². The maximum absolute atomic E-state index is 11.3. The Labute approximate surface area is 92.0 Å². The molecule has 0 bridgehead atoms. The van der Waals surface area contributed by atoms with Crippen LogP contribution >= 0.6 is 23.4 Å². The summed E-state index contributed by atoms with van der Waals surface area (Å²) >= 11 is 7.41. The minimum atomic E-state index is 0.0377. The molecule has 1 N–H and O–H groups in total. The molecule has 1 amide bonds. The van der Waals surface area contributed by atoms with Crippen molar-refractivity contribution in [3.05, 3.63) is 34.9 Å². The van der Waals surface area contributed by atoms with Crippen LogP contribution in [-0.4, -0.2) is 11.2 Å². The Morgan fingerprint density at radius 2 is 2.00 bits per heavy atom. The highest BCUT2D eigenvalue weighted by Crippen LogP contribution is 2.35. The lowest BCUT2D eigenvalue weighted by molar-refractivity contribution is -0.119. The van der Waals surface area contributed by atoms with E-state index in [9.17, 15) is 4.79 Å². The molecule has 1 aliphatic rings. The average Bonchev–Trinajstić information content (AvgIpc) is 2.48. The van der Waals surface area contributed by atoms with E-state index in [1.807, 2.05) is 31.2 Å². The van der Waals surface area contributed by atoms with Gasteiger partial charge in [-0.05, 0) is 24.6 Å². The molecule has 0 aliphatic carbocycles. The second kappa shape index (κ2) is 3.83. The molecule has 0 spiro atoms. The van der Waals surface area contributed by atoms with Gasteiger partial charge in [0.05, 0.1) is 5.25 Å². The zero-order valence-electron chi connectivity index (χ0n) is 7.66. The highest BCUT2D eigenvalue weighted by atomic mass is 35.5. The van der Waals surface area contributed by atoms with Crippen molar-refractivity contribution in [1.29, 1.82) is 0 Å². The zero-order chi connectivity index (χ0) is 10.1. The Hall–Kier alpha value is -0.670. The molecular weight excluding hydrogens is 218 g/mol. The summed E-state index contributed by atoms with van der Waals surface area (Å²) in [4.78, 5) is 11.3. The highest BCUT2D eigenvalue weighted by molar-refractivity contribution is 8.01.